The van der Waals surface area contributed by atoms with Crippen molar-refractivity contribution in [2.45, 2.75) is 71.8 Å². The van der Waals surface area contributed by atoms with Crippen LogP contribution in [0.3, 0.4) is 0 Å². The Morgan fingerprint density at radius 3 is 2.00 bits per heavy atom. The van der Waals surface area contributed by atoms with Crippen LogP contribution < -0.4 is 5.73 Å². The highest BCUT2D eigenvalue weighted by molar-refractivity contribution is 5.88. The maximum Gasteiger partial charge on any atom is 0.155 e. The van der Waals surface area contributed by atoms with Crippen molar-refractivity contribution in [3.8, 4) is 0 Å². The minimum Gasteiger partial charge on any atom is -0.322 e. The number of rotatable bonds is 3. The van der Waals surface area contributed by atoms with Gasteiger partial charge in [0.05, 0.1) is 6.04 Å². The summed E-state index contributed by atoms with van der Waals surface area (Å²) in [5.74, 6) is 0.768. The molecule has 1 saturated carbocycles. The molecule has 0 spiro atoms. The van der Waals surface area contributed by atoms with E-state index in [1.165, 1.54) is 44.9 Å². The lowest BCUT2D eigenvalue weighted by atomic mass is 9.69. The molecule has 1 fully saturated rings. The molecule has 2 nitrogen and oxygen atoms in total. The molecular formula is C14H27NO. The Morgan fingerprint density at radius 1 is 1.12 bits per heavy atom. The Balaban J connectivity index is 2.67. The summed E-state index contributed by atoms with van der Waals surface area (Å²) in [5, 5.41) is 0. The molecule has 2 N–H and O–H groups in total. The molecule has 0 aromatic heterocycles. The molecule has 1 unspecified atom stereocenters. The van der Waals surface area contributed by atoms with Crippen molar-refractivity contribution in [2.75, 3.05) is 0 Å². The van der Waals surface area contributed by atoms with Gasteiger partial charge in [-0.2, -0.15) is 0 Å². The average molecular weight is 225 g/mol. The van der Waals surface area contributed by atoms with Crippen LogP contribution in [-0.2, 0) is 4.79 Å². The van der Waals surface area contributed by atoms with Crippen molar-refractivity contribution in [1.82, 2.24) is 0 Å². The van der Waals surface area contributed by atoms with Gasteiger partial charge in [-0.3, -0.25) is 4.79 Å². The first-order chi connectivity index (χ1) is 7.46. The molecule has 1 atom stereocenters. The second-order valence-electron chi connectivity index (χ2n) is 5.92. The third-order valence-corrected chi connectivity index (χ3v) is 4.17. The van der Waals surface area contributed by atoms with Crippen molar-refractivity contribution in [1.29, 1.82) is 0 Å². The van der Waals surface area contributed by atoms with Crippen molar-refractivity contribution in [3.63, 3.8) is 0 Å². The normalized spacial score (nSPS) is 22.2. The largest absolute Gasteiger partial charge is 0.322 e. The van der Waals surface area contributed by atoms with Crippen LogP contribution in [0.2, 0.25) is 0 Å². The van der Waals surface area contributed by atoms with Gasteiger partial charge >= 0.3 is 0 Å². The number of ketones is 1. The first-order valence-corrected chi connectivity index (χ1v) is 6.76. The molecule has 0 heterocycles. The topological polar surface area (TPSA) is 43.1 Å². The van der Waals surface area contributed by atoms with E-state index in [-0.39, 0.29) is 17.2 Å². The molecule has 2 heteroatoms. The lowest BCUT2D eigenvalue weighted by Gasteiger charge is -2.35. The Labute approximate surface area is 100.0 Å². The van der Waals surface area contributed by atoms with Crippen LogP contribution >= 0.6 is 0 Å². The van der Waals surface area contributed by atoms with E-state index in [9.17, 15) is 4.79 Å². The summed E-state index contributed by atoms with van der Waals surface area (Å²) in [6, 6.07) is -0.319. The minimum atomic E-state index is -0.319. The lowest BCUT2D eigenvalue weighted by molar-refractivity contribution is -0.131. The molecule has 0 radical (unpaired) electrons. The number of nitrogens with two attached hydrogens (primary N) is 1. The summed E-state index contributed by atoms with van der Waals surface area (Å²) in [6.45, 7) is 5.99. The predicted octanol–water partition coefficient (Wildman–Crippen LogP) is 3.29. The van der Waals surface area contributed by atoms with E-state index >= 15 is 0 Å². The van der Waals surface area contributed by atoms with E-state index in [4.69, 9.17) is 5.73 Å². The molecule has 0 saturated heterocycles. The zero-order valence-corrected chi connectivity index (χ0v) is 11.1. The van der Waals surface area contributed by atoms with Crippen molar-refractivity contribution in [2.24, 2.45) is 17.1 Å². The zero-order chi connectivity index (χ0) is 12.2. The van der Waals surface area contributed by atoms with E-state index in [0.717, 1.165) is 0 Å². The van der Waals surface area contributed by atoms with E-state index in [1.807, 2.05) is 6.92 Å². The number of hydrogen-bond donors (Lipinski definition) is 1. The highest BCUT2D eigenvalue weighted by Crippen LogP contribution is 2.37. The molecule has 0 aliphatic heterocycles. The van der Waals surface area contributed by atoms with Gasteiger partial charge in [0.25, 0.3) is 0 Å². The molecule has 0 aromatic rings. The third kappa shape index (κ3) is 3.31. The Kier molecular flexibility index (Phi) is 4.97. The summed E-state index contributed by atoms with van der Waals surface area (Å²) in [6.07, 6.45) is 8.99. The molecule has 1 aliphatic rings. The first-order valence-electron chi connectivity index (χ1n) is 6.76. The molecule has 0 amide bonds. The van der Waals surface area contributed by atoms with Gasteiger partial charge in [0, 0.05) is 5.41 Å². The zero-order valence-electron chi connectivity index (χ0n) is 11.1. The quantitative estimate of drug-likeness (QED) is 0.801. The Hall–Kier alpha value is -0.370. The molecule has 94 valence electrons. The first kappa shape index (κ1) is 13.7. The Morgan fingerprint density at radius 2 is 1.56 bits per heavy atom. The van der Waals surface area contributed by atoms with Gasteiger partial charge in [0.2, 0.25) is 0 Å². The van der Waals surface area contributed by atoms with Gasteiger partial charge in [-0.05, 0) is 25.7 Å². The standard InChI is InChI=1S/C14H27NO/c1-11(15)13(16)14(2,3)12-9-7-5-4-6-8-10-12/h11-12H,4-10,15H2,1-3H3. The van der Waals surface area contributed by atoms with Crippen LogP contribution in [-0.4, -0.2) is 11.8 Å². The van der Waals surface area contributed by atoms with Gasteiger partial charge in [0.15, 0.2) is 5.78 Å². The SMILES string of the molecule is CC(N)C(=O)C(C)(C)C1CCCCCCC1. The number of carbonyl (C=O) groups excluding carboxylic acids is 1. The van der Waals surface area contributed by atoms with E-state index in [0.29, 0.717) is 5.92 Å². The molecular weight excluding hydrogens is 198 g/mol. The minimum absolute atomic E-state index is 0.231. The molecule has 16 heavy (non-hydrogen) atoms. The van der Waals surface area contributed by atoms with Crippen molar-refractivity contribution >= 4 is 5.78 Å². The second kappa shape index (κ2) is 5.81. The summed E-state index contributed by atoms with van der Waals surface area (Å²) >= 11 is 0. The summed E-state index contributed by atoms with van der Waals surface area (Å²) in [7, 11) is 0. The van der Waals surface area contributed by atoms with Crippen LogP contribution in [0.4, 0.5) is 0 Å². The van der Waals surface area contributed by atoms with Gasteiger partial charge in [-0.1, -0.05) is 46.0 Å². The van der Waals surface area contributed by atoms with Crippen LogP contribution in [0, 0.1) is 11.3 Å². The van der Waals surface area contributed by atoms with Gasteiger partial charge in [0.1, 0.15) is 0 Å². The molecule has 0 bridgehead atoms. The lowest BCUT2D eigenvalue weighted by Crippen LogP contribution is -2.43. The predicted molar refractivity (Wildman–Crippen MR) is 68.2 cm³/mol. The van der Waals surface area contributed by atoms with Crippen LogP contribution in [0.1, 0.15) is 65.7 Å². The van der Waals surface area contributed by atoms with E-state index in [1.54, 1.807) is 0 Å². The van der Waals surface area contributed by atoms with Gasteiger partial charge in [-0.25, -0.2) is 0 Å². The fraction of sp³-hybridized carbons (Fsp3) is 0.929. The smallest absolute Gasteiger partial charge is 0.155 e. The molecule has 1 rings (SSSR count). The summed E-state index contributed by atoms with van der Waals surface area (Å²) in [5.41, 5.74) is 5.52. The summed E-state index contributed by atoms with van der Waals surface area (Å²) < 4.78 is 0. The monoisotopic (exact) mass is 225 g/mol. The van der Waals surface area contributed by atoms with Gasteiger partial charge < -0.3 is 5.73 Å². The highest BCUT2D eigenvalue weighted by Gasteiger charge is 2.37. The molecule has 0 aromatic carbocycles. The van der Waals surface area contributed by atoms with Gasteiger partial charge in [-0.15, -0.1) is 0 Å². The average Bonchev–Trinajstić information content (AvgIpc) is 2.15. The maximum absolute atomic E-state index is 12.1. The Bertz CT molecular complexity index is 225. The third-order valence-electron chi connectivity index (χ3n) is 4.17. The fourth-order valence-corrected chi connectivity index (χ4v) is 2.97. The second-order valence-corrected chi connectivity index (χ2v) is 5.92. The number of Topliss-reactive ketones (excluding diaryl/α,β-unsaturated/α-hetero) is 1. The van der Waals surface area contributed by atoms with E-state index < -0.39 is 0 Å². The van der Waals surface area contributed by atoms with Crippen LogP contribution in [0.5, 0.6) is 0 Å². The van der Waals surface area contributed by atoms with Crippen LogP contribution in [0.15, 0.2) is 0 Å². The number of carbonyl (C=O) groups is 1. The summed E-state index contributed by atoms with van der Waals surface area (Å²) in [4.78, 5) is 12.1. The maximum atomic E-state index is 12.1. The highest BCUT2D eigenvalue weighted by atomic mass is 16.1. The fourth-order valence-electron chi connectivity index (χ4n) is 2.97. The van der Waals surface area contributed by atoms with Crippen molar-refractivity contribution in [3.05, 3.63) is 0 Å². The number of hydrogen-bond acceptors (Lipinski definition) is 2. The van der Waals surface area contributed by atoms with Crippen molar-refractivity contribution < 1.29 is 4.79 Å². The molecule has 1 aliphatic carbocycles. The van der Waals surface area contributed by atoms with E-state index in [2.05, 4.69) is 13.8 Å². The van der Waals surface area contributed by atoms with Crippen LogP contribution in [0.25, 0.3) is 0 Å².